The maximum atomic E-state index is 12.1. The van der Waals surface area contributed by atoms with E-state index in [9.17, 15) is 9.59 Å². The molecule has 0 aliphatic heterocycles. The largest absolute Gasteiger partial charge is 0.497 e. The molecule has 0 unspecified atom stereocenters. The van der Waals surface area contributed by atoms with Gasteiger partial charge in [0.2, 0.25) is 5.91 Å². The second-order valence-corrected chi connectivity index (χ2v) is 7.59. The van der Waals surface area contributed by atoms with Crippen molar-refractivity contribution < 1.29 is 14.3 Å². The zero-order chi connectivity index (χ0) is 21.3. The van der Waals surface area contributed by atoms with Crippen molar-refractivity contribution in [1.29, 1.82) is 0 Å². The van der Waals surface area contributed by atoms with Crippen LogP contribution >= 0.6 is 22.9 Å². The highest BCUT2D eigenvalue weighted by Gasteiger charge is 2.09. The van der Waals surface area contributed by atoms with Crippen LogP contribution < -0.4 is 20.7 Å². The molecule has 2 aromatic carbocycles. The van der Waals surface area contributed by atoms with Crippen LogP contribution in [0.5, 0.6) is 5.75 Å². The molecule has 0 aliphatic carbocycles. The minimum Gasteiger partial charge on any atom is -0.497 e. The molecule has 3 amide bonds. The molecule has 1 heterocycles. The van der Waals surface area contributed by atoms with E-state index in [2.05, 4.69) is 20.9 Å². The quantitative estimate of drug-likeness (QED) is 0.469. The van der Waals surface area contributed by atoms with Gasteiger partial charge in [0.15, 0.2) is 5.13 Å². The summed E-state index contributed by atoms with van der Waals surface area (Å²) in [6.45, 7) is 0.383. The Labute approximate surface area is 183 Å². The highest BCUT2D eigenvalue weighted by atomic mass is 35.5. The van der Waals surface area contributed by atoms with E-state index in [1.165, 1.54) is 11.3 Å². The summed E-state index contributed by atoms with van der Waals surface area (Å²) in [4.78, 5) is 28.5. The van der Waals surface area contributed by atoms with Crippen LogP contribution in [0.3, 0.4) is 0 Å². The predicted molar refractivity (Wildman–Crippen MR) is 119 cm³/mol. The molecule has 1 aromatic heterocycles. The number of nitrogens with one attached hydrogen (secondary N) is 3. The first-order chi connectivity index (χ1) is 14.5. The fraction of sp³-hybridized carbons (Fsp3) is 0.190. The molecule has 0 aliphatic rings. The summed E-state index contributed by atoms with van der Waals surface area (Å²) < 4.78 is 5.08. The maximum absolute atomic E-state index is 12.1. The van der Waals surface area contributed by atoms with Crippen molar-refractivity contribution in [2.75, 3.05) is 17.7 Å². The molecule has 0 fully saturated rings. The third-order valence-electron chi connectivity index (χ3n) is 4.16. The Morgan fingerprint density at radius 1 is 1.10 bits per heavy atom. The zero-order valence-electron chi connectivity index (χ0n) is 16.3. The first-order valence-electron chi connectivity index (χ1n) is 9.20. The van der Waals surface area contributed by atoms with Crippen molar-refractivity contribution in [2.45, 2.75) is 19.4 Å². The van der Waals surface area contributed by atoms with Gasteiger partial charge >= 0.3 is 6.03 Å². The van der Waals surface area contributed by atoms with Gasteiger partial charge in [0.05, 0.1) is 12.8 Å². The molecule has 3 rings (SSSR count). The summed E-state index contributed by atoms with van der Waals surface area (Å²) in [5, 5.41) is 11.2. The van der Waals surface area contributed by atoms with Crippen LogP contribution in [0.15, 0.2) is 53.9 Å². The Hall–Kier alpha value is -3.10. The number of carbonyl (C=O) groups excluding carboxylic acids is 2. The number of ether oxygens (including phenoxy) is 1. The number of halogens is 1. The summed E-state index contributed by atoms with van der Waals surface area (Å²) >= 11 is 7.39. The lowest BCUT2D eigenvalue weighted by Gasteiger charge is -2.06. The number of benzene rings is 2. The van der Waals surface area contributed by atoms with Gasteiger partial charge in [0.1, 0.15) is 5.75 Å². The number of methoxy groups -OCH3 is 1. The summed E-state index contributed by atoms with van der Waals surface area (Å²) in [6, 6.07) is 14.0. The fourth-order valence-corrected chi connectivity index (χ4v) is 3.52. The third-order valence-corrected chi connectivity index (χ3v) is 5.34. The van der Waals surface area contributed by atoms with Gasteiger partial charge in [-0.05, 0) is 42.3 Å². The van der Waals surface area contributed by atoms with Crippen molar-refractivity contribution in [3.63, 3.8) is 0 Å². The number of nitrogens with zero attached hydrogens (tertiary/aromatic N) is 1. The van der Waals surface area contributed by atoms with Crippen molar-refractivity contribution in [3.05, 3.63) is 70.2 Å². The van der Waals surface area contributed by atoms with E-state index >= 15 is 0 Å². The molecular formula is C21H21ClN4O3S. The SMILES string of the molecule is COc1ccc(NC(=O)Nc2nc(CCC(=O)NCc3ccccc3Cl)cs2)cc1. The average molecular weight is 445 g/mol. The fourth-order valence-electron chi connectivity index (χ4n) is 2.58. The second-order valence-electron chi connectivity index (χ2n) is 6.32. The normalized spacial score (nSPS) is 10.3. The Balaban J connectivity index is 1.42. The van der Waals surface area contributed by atoms with Gasteiger partial charge < -0.3 is 15.4 Å². The number of anilines is 2. The first-order valence-corrected chi connectivity index (χ1v) is 10.5. The van der Waals surface area contributed by atoms with Crippen molar-refractivity contribution in [3.8, 4) is 5.75 Å². The van der Waals surface area contributed by atoms with Crippen LogP contribution in [-0.4, -0.2) is 24.0 Å². The Bertz CT molecular complexity index is 1010. The van der Waals surface area contributed by atoms with Crippen LogP contribution in [0.1, 0.15) is 17.7 Å². The number of thiazole rings is 1. The monoisotopic (exact) mass is 444 g/mol. The van der Waals surface area contributed by atoms with Gasteiger partial charge in [-0.15, -0.1) is 11.3 Å². The van der Waals surface area contributed by atoms with Crippen LogP contribution in [0.2, 0.25) is 5.02 Å². The Kier molecular flexibility index (Phi) is 7.64. The number of amides is 3. The average Bonchev–Trinajstić information content (AvgIpc) is 3.19. The molecule has 156 valence electrons. The van der Waals surface area contributed by atoms with E-state index in [0.29, 0.717) is 41.0 Å². The first kappa shape index (κ1) is 21.6. The van der Waals surface area contributed by atoms with Crippen LogP contribution in [0.4, 0.5) is 15.6 Å². The van der Waals surface area contributed by atoms with E-state index in [4.69, 9.17) is 16.3 Å². The number of urea groups is 1. The topological polar surface area (TPSA) is 92.3 Å². The van der Waals surface area contributed by atoms with Gasteiger partial charge in [0.25, 0.3) is 0 Å². The lowest BCUT2D eigenvalue weighted by atomic mass is 10.2. The molecule has 30 heavy (non-hydrogen) atoms. The van der Waals surface area contributed by atoms with Gasteiger partial charge in [-0.1, -0.05) is 29.8 Å². The van der Waals surface area contributed by atoms with Crippen LogP contribution in [-0.2, 0) is 17.8 Å². The molecule has 0 atom stereocenters. The summed E-state index contributed by atoms with van der Waals surface area (Å²) in [7, 11) is 1.58. The smallest absolute Gasteiger partial charge is 0.325 e. The molecule has 0 radical (unpaired) electrons. The van der Waals surface area contributed by atoms with Gasteiger partial charge in [0, 0.05) is 29.1 Å². The minimum absolute atomic E-state index is 0.0883. The van der Waals surface area contributed by atoms with Gasteiger partial charge in [-0.2, -0.15) is 0 Å². The summed E-state index contributed by atoms with van der Waals surface area (Å²) in [6.07, 6.45) is 0.776. The lowest BCUT2D eigenvalue weighted by Crippen LogP contribution is -2.23. The van der Waals surface area contributed by atoms with E-state index in [-0.39, 0.29) is 5.91 Å². The van der Waals surface area contributed by atoms with Crippen molar-refractivity contribution in [2.24, 2.45) is 0 Å². The van der Waals surface area contributed by atoms with Crippen LogP contribution in [0, 0.1) is 0 Å². The highest BCUT2D eigenvalue weighted by Crippen LogP contribution is 2.19. The number of hydrogen-bond donors (Lipinski definition) is 3. The molecule has 9 heteroatoms. The van der Waals surface area contributed by atoms with Crippen molar-refractivity contribution >= 4 is 45.7 Å². The zero-order valence-corrected chi connectivity index (χ0v) is 17.8. The van der Waals surface area contributed by atoms with E-state index in [0.717, 1.165) is 11.3 Å². The highest BCUT2D eigenvalue weighted by molar-refractivity contribution is 7.13. The number of aromatic nitrogens is 1. The molecular weight excluding hydrogens is 424 g/mol. The molecule has 3 N–H and O–H groups in total. The van der Waals surface area contributed by atoms with Gasteiger partial charge in [-0.25, -0.2) is 9.78 Å². The standard InChI is InChI=1S/C21H21ClN4O3S/c1-29-17-9-6-15(7-10-17)24-20(28)26-21-25-16(13-30-21)8-11-19(27)23-12-14-4-2-3-5-18(14)22/h2-7,9-10,13H,8,11-12H2,1H3,(H,23,27)(H2,24,25,26,28). The lowest BCUT2D eigenvalue weighted by molar-refractivity contribution is -0.121. The van der Waals surface area contributed by atoms with Crippen molar-refractivity contribution in [1.82, 2.24) is 10.3 Å². The van der Waals surface area contributed by atoms with E-state index in [1.54, 1.807) is 37.4 Å². The number of rotatable bonds is 8. The summed E-state index contributed by atoms with van der Waals surface area (Å²) in [5.41, 5.74) is 2.25. The minimum atomic E-state index is -0.390. The molecule has 0 spiro atoms. The van der Waals surface area contributed by atoms with Gasteiger partial charge in [-0.3, -0.25) is 10.1 Å². The molecule has 0 saturated heterocycles. The summed E-state index contributed by atoms with van der Waals surface area (Å²) in [5.74, 6) is 0.621. The number of aryl methyl sites for hydroxylation is 1. The second kappa shape index (κ2) is 10.6. The van der Waals surface area contributed by atoms with E-state index < -0.39 is 6.03 Å². The molecule has 0 bridgehead atoms. The Morgan fingerprint density at radius 3 is 2.60 bits per heavy atom. The third kappa shape index (κ3) is 6.47. The van der Waals surface area contributed by atoms with E-state index in [1.807, 2.05) is 23.6 Å². The molecule has 7 nitrogen and oxygen atoms in total. The maximum Gasteiger partial charge on any atom is 0.325 e. The van der Waals surface area contributed by atoms with Crippen LogP contribution in [0.25, 0.3) is 0 Å². The molecule has 0 saturated carbocycles. The number of carbonyl (C=O) groups is 2. The Morgan fingerprint density at radius 2 is 1.87 bits per heavy atom. The predicted octanol–water partition coefficient (Wildman–Crippen LogP) is 4.70. The number of hydrogen-bond acceptors (Lipinski definition) is 5. The molecule has 3 aromatic rings.